The second-order valence-corrected chi connectivity index (χ2v) is 4.86. The van der Waals surface area contributed by atoms with Gasteiger partial charge in [-0.15, -0.1) is 0 Å². The number of nitrogens with zero attached hydrogens (tertiary/aromatic N) is 2. The Morgan fingerprint density at radius 3 is 2.07 bits per heavy atom. The Balaban J connectivity index is 2.53. The first-order valence-corrected chi connectivity index (χ1v) is 6.03. The van der Waals surface area contributed by atoms with Gasteiger partial charge < -0.3 is 9.80 Å². The fraction of sp³-hybridized carbons (Fsp3) is 1.00. The maximum Gasteiger partial charge on any atom is 0.0248 e. The van der Waals surface area contributed by atoms with Crippen LogP contribution in [0.2, 0.25) is 0 Å². The van der Waals surface area contributed by atoms with E-state index in [0.717, 1.165) is 12.1 Å². The van der Waals surface area contributed by atoms with Crippen LogP contribution < -0.4 is 0 Å². The van der Waals surface area contributed by atoms with Crippen LogP contribution in [0.25, 0.3) is 0 Å². The molecule has 0 aromatic rings. The Morgan fingerprint density at radius 1 is 1.00 bits per heavy atom. The Labute approximate surface area is 89.3 Å². The van der Waals surface area contributed by atoms with E-state index in [1.807, 2.05) is 0 Å². The summed E-state index contributed by atoms with van der Waals surface area (Å²) < 4.78 is 0. The lowest BCUT2D eigenvalue weighted by molar-refractivity contribution is 0.0925. The zero-order valence-electron chi connectivity index (χ0n) is 10.3. The molecule has 0 amide bonds. The summed E-state index contributed by atoms with van der Waals surface area (Å²) in [6, 6.07) is 1.57. The topological polar surface area (TPSA) is 6.48 Å². The van der Waals surface area contributed by atoms with Crippen molar-refractivity contribution in [3.8, 4) is 0 Å². The van der Waals surface area contributed by atoms with Crippen molar-refractivity contribution in [3.63, 3.8) is 0 Å². The molecule has 0 spiro atoms. The Bertz CT molecular complexity index is 156. The van der Waals surface area contributed by atoms with Crippen molar-refractivity contribution in [2.45, 2.75) is 51.1 Å². The smallest absolute Gasteiger partial charge is 0.0248 e. The molecule has 0 N–H and O–H groups in total. The molecule has 0 saturated heterocycles. The predicted molar refractivity (Wildman–Crippen MR) is 62.7 cm³/mol. The van der Waals surface area contributed by atoms with Gasteiger partial charge in [0.05, 0.1) is 0 Å². The van der Waals surface area contributed by atoms with Gasteiger partial charge in [-0.3, -0.25) is 0 Å². The lowest BCUT2D eigenvalue weighted by Crippen LogP contribution is -2.50. The summed E-state index contributed by atoms with van der Waals surface area (Å²) in [5, 5.41) is 0. The molecule has 0 bridgehead atoms. The van der Waals surface area contributed by atoms with Gasteiger partial charge in [0, 0.05) is 12.1 Å². The molecule has 1 rings (SSSR count). The van der Waals surface area contributed by atoms with E-state index in [2.05, 4.69) is 37.9 Å². The molecule has 0 aliphatic heterocycles. The van der Waals surface area contributed by atoms with Crippen LogP contribution in [0.3, 0.4) is 0 Å². The molecule has 1 saturated carbocycles. The Kier molecular flexibility index (Phi) is 4.90. The van der Waals surface area contributed by atoms with Gasteiger partial charge in [0.1, 0.15) is 0 Å². The van der Waals surface area contributed by atoms with Crippen molar-refractivity contribution in [1.82, 2.24) is 9.80 Å². The van der Waals surface area contributed by atoms with Gasteiger partial charge in [-0.1, -0.05) is 19.8 Å². The number of likely N-dealkylation sites (N-methyl/N-ethyl adjacent to an activating group) is 2. The summed E-state index contributed by atoms with van der Waals surface area (Å²) in [7, 11) is 6.74. The SMILES string of the molecule is CCCN(C)[C@@H]1CCCC[C@H]1N(C)C. The van der Waals surface area contributed by atoms with Crippen molar-refractivity contribution < 1.29 is 0 Å². The van der Waals surface area contributed by atoms with E-state index < -0.39 is 0 Å². The molecule has 2 heteroatoms. The third-order valence-electron chi connectivity index (χ3n) is 3.50. The van der Waals surface area contributed by atoms with Crippen LogP contribution in [-0.4, -0.2) is 49.6 Å². The van der Waals surface area contributed by atoms with Gasteiger partial charge in [-0.2, -0.15) is 0 Å². The van der Waals surface area contributed by atoms with Crippen LogP contribution in [0, 0.1) is 0 Å². The standard InChI is InChI=1S/C12H26N2/c1-5-10-14(4)12-9-7-6-8-11(12)13(2)3/h11-12H,5-10H2,1-4H3/t11-,12-/m1/s1. The quantitative estimate of drug-likeness (QED) is 0.683. The number of rotatable bonds is 4. The summed E-state index contributed by atoms with van der Waals surface area (Å²) in [4.78, 5) is 4.97. The molecule has 0 radical (unpaired) electrons. The fourth-order valence-corrected chi connectivity index (χ4v) is 2.73. The molecular formula is C12H26N2. The third kappa shape index (κ3) is 2.96. The average Bonchev–Trinajstić information content (AvgIpc) is 2.18. The molecule has 84 valence electrons. The maximum absolute atomic E-state index is 2.56. The summed E-state index contributed by atoms with van der Waals surface area (Å²) in [6.45, 7) is 3.51. The van der Waals surface area contributed by atoms with E-state index in [1.165, 1.54) is 38.6 Å². The highest BCUT2D eigenvalue weighted by atomic mass is 15.2. The molecule has 2 atom stereocenters. The lowest BCUT2D eigenvalue weighted by Gasteiger charge is -2.41. The molecule has 1 fully saturated rings. The summed E-state index contributed by atoms with van der Waals surface area (Å²) >= 11 is 0. The monoisotopic (exact) mass is 198 g/mol. The van der Waals surface area contributed by atoms with Crippen LogP contribution in [0.4, 0.5) is 0 Å². The Hall–Kier alpha value is -0.0800. The molecule has 2 nitrogen and oxygen atoms in total. The second kappa shape index (κ2) is 5.72. The second-order valence-electron chi connectivity index (χ2n) is 4.86. The predicted octanol–water partition coefficient (Wildman–Crippen LogP) is 2.20. The number of hydrogen-bond acceptors (Lipinski definition) is 2. The van der Waals surface area contributed by atoms with Gasteiger partial charge in [0.2, 0.25) is 0 Å². The molecule has 0 aromatic carbocycles. The van der Waals surface area contributed by atoms with Gasteiger partial charge in [0.15, 0.2) is 0 Å². The average molecular weight is 198 g/mol. The van der Waals surface area contributed by atoms with Crippen LogP contribution in [0.15, 0.2) is 0 Å². The van der Waals surface area contributed by atoms with Gasteiger partial charge in [0.25, 0.3) is 0 Å². The molecule has 1 aliphatic rings. The normalized spacial score (nSPS) is 28.7. The molecule has 1 aliphatic carbocycles. The van der Waals surface area contributed by atoms with Crippen molar-refractivity contribution in [2.24, 2.45) is 0 Å². The Morgan fingerprint density at radius 2 is 1.57 bits per heavy atom. The van der Waals surface area contributed by atoms with E-state index in [9.17, 15) is 0 Å². The van der Waals surface area contributed by atoms with Gasteiger partial charge in [-0.25, -0.2) is 0 Å². The zero-order chi connectivity index (χ0) is 10.6. The van der Waals surface area contributed by atoms with Crippen molar-refractivity contribution in [2.75, 3.05) is 27.7 Å². The van der Waals surface area contributed by atoms with Crippen LogP contribution in [0.1, 0.15) is 39.0 Å². The van der Waals surface area contributed by atoms with Gasteiger partial charge >= 0.3 is 0 Å². The highest BCUT2D eigenvalue weighted by Crippen LogP contribution is 2.25. The van der Waals surface area contributed by atoms with E-state index in [1.54, 1.807) is 0 Å². The van der Waals surface area contributed by atoms with Crippen molar-refractivity contribution >= 4 is 0 Å². The summed E-state index contributed by atoms with van der Waals surface area (Å²) in [5.74, 6) is 0. The lowest BCUT2D eigenvalue weighted by atomic mass is 9.88. The highest BCUT2D eigenvalue weighted by molar-refractivity contribution is 4.86. The largest absolute Gasteiger partial charge is 0.305 e. The zero-order valence-corrected chi connectivity index (χ0v) is 10.3. The maximum atomic E-state index is 2.56. The third-order valence-corrected chi connectivity index (χ3v) is 3.50. The van der Waals surface area contributed by atoms with E-state index in [0.29, 0.717) is 0 Å². The summed E-state index contributed by atoms with van der Waals surface area (Å²) in [5.41, 5.74) is 0. The molecule has 0 heterocycles. The van der Waals surface area contributed by atoms with E-state index >= 15 is 0 Å². The van der Waals surface area contributed by atoms with Crippen molar-refractivity contribution in [1.29, 1.82) is 0 Å². The van der Waals surface area contributed by atoms with Crippen LogP contribution in [-0.2, 0) is 0 Å². The van der Waals surface area contributed by atoms with Crippen LogP contribution >= 0.6 is 0 Å². The summed E-state index contributed by atoms with van der Waals surface area (Å²) in [6.07, 6.45) is 6.88. The minimum atomic E-state index is 0.778. The van der Waals surface area contributed by atoms with Crippen LogP contribution in [0.5, 0.6) is 0 Å². The first kappa shape index (κ1) is 12.0. The molecule has 14 heavy (non-hydrogen) atoms. The van der Waals surface area contributed by atoms with E-state index in [4.69, 9.17) is 0 Å². The first-order chi connectivity index (χ1) is 6.66. The molecule has 0 aromatic heterocycles. The number of hydrogen-bond donors (Lipinski definition) is 0. The highest BCUT2D eigenvalue weighted by Gasteiger charge is 2.28. The minimum absolute atomic E-state index is 0.778. The molecular weight excluding hydrogens is 172 g/mol. The van der Waals surface area contributed by atoms with Gasteiger partial charge in [-0.05, 0) is 47.0 Å². The fourth-order valence-electron chi connectivity index (χ4n) is 2.73. The minimum Gasteiger partial charge on any atom is -0.305 e. The first-order valence-electron chi connectivity index (χ1n) is 6.03. The van der Waals surface area contributed by atoms with E-state index in [-0.39, 0.29) is 0 Å². The van der Waals surface area contributed by atoms with Crippen molar-refractivity contribution in [3.05, 3.63) is 0 Å². The molecule has 0 unspecified atom stereocenters.